The Bertz CT molecular complexity index is 1070. The van der Waals surface area contributed by atoms with E-state index in [1.54, 1.807) is 20.8 Å². The van der Waals surface area contributed by atoms with Gasteiger partial charge in [-0.15, -0.1) is 0 Å². The average molecular weight is 495 g/mol. The molecule has 1 saturated heterocycles. The van der Waals surface area contributed by atoms with Gasteiger partial charge >= 0.3 is 12.1 Å². The van der Waals surface area contributed by atoms with Crippen LogP contribution in [0.5, 0.6) is 0 Å². The van der Waals surface area contributed by atoms with Crippen LogP contribution in [0, 0.1) is 5.92 Å². The number of benzene rings is 2. The summed E-state index contributed by atoms with van der Waals surface area (Å²) in [7, 11) is 0. The lowest BCUT2D eigenvalue weighted by Crippen LogP contribution is -2.54. The van der Waals surface area contributed by atoms with E-state index in [9.17, 15) is 14.4 Å². The minimum atomic E-state index is -0.889. The van der Waals surface area contributed by atoms with Crippen LogP contribution >= 0.6 is 0 Å². The Balaban J connectivity index is 1.58. The maximum atomic E-state index is 14.0. The Hall–Kier alpha value is -3.39. The first-order valence-electron chi connectivity index (χ1n) is 12.4. The van der Waals surface area contributed by atoms with Crippen molar-refractivity contribution in [3.8, 4) is 0 Å². The summed E-state index contributed by atoms with van der Waals surface area (Å²) in [4.78, 5) is 41.6. The van der Waals surface area contributed by atoms with Crippen molar-refractivity contribution in [1.82, 2.24) is 10.2 Å². The fourth-order valence-electron chi connectivity index (χ4n) is 4.70. The fraction of sp³-hybridized carbons (Fsp3) is 0.464. The van der Waals surface area contributed by atoms with E-state index in [1.807, 2.05) is 54.6 Å². The van der Waals surface area contributed by atoms with E-state index >= 15 is 0 Å². The second-order valence-electron chi connectivity index (χ2n) is 10.2. The van der Waals surface area contributed by atoms with Gasteiger partial charge in [-0.05, 0) is 56.2 Å². The van der Waals surface area contributed by atoms with Gasteiger partial charge in [0.2, 0.25) is 5.91 Å². The average Bonchev–Trinajstić information content (AvgIpc) is 3.25. The number of rotatable bonds is 6. The predicted molar refractivity (Wildman–Crippen MR) is 133 cm³/mol. The van der Waals surface area contributed by atoms with Crippen LogP contribution in [0.15, 0.2) is 54.6 Å². The molecule has 0 spiro atoms. The molecule has 8 heteroatoms. The highest BCUT2D eigenvalue weighted by Gasteiger charge is 2.44. The van der Waals surface area contributed by atoms with E-state index in [-0.39, 0.29) is 25.0 Å². The molecule has 0 bridgehead atoms. The van der Waals surface area contributed by atoms with E-state index < -0.39 is 29.7 Å². The van der Waals surface area contributed by atoms with E-state index in [4.69, 9.17) is 14.2 Å². The molecule has 4 rings (SSSR count). The molecule has 2 aromatic carbocycles. The zero-order chi connectivity index (χ0) is 25.7. The molecule has 2 heterocycles. The summed E-state index contributed by atoms with van der Waals surface area (Å²) < 4.78 is 16.6. The number of alkyl carbamates (subject to hydrolysis) is 1. The lowest BCUT2D eigenvalue weighted by atomic mass is 9.90. The minimum Gasteiger partial charge on any atom is -0.459 e. The van der Waals surface area contributed by atoms with Crippen LogP contribution in [-0.2, 0) is 37.0 Å². The maximum absolute atomic E-state index is 14.0. The number of esters is 1. The van der Waals surface area contributed by atoms with Crippen LogP contribution in [0.3, 0.4) is 0 Å². The molecule has 0 aliphatic carbocycles. The van der Waals surface area contributed by atoms with E-state index in [1.165, 1.54) is 4.90 Å². The highest BCUT2D eigenvalue weighted by Crippen LogP contribution is 2.36. The molecule has 0 aromatic heterocycles. The molecule has 2 aliphatic rings. The van der Waals surface area contributed by atoms with Crippen molar-refractivity contribution in [2.24, 2.45) is 5.92 Å². The van der Waals surface area contributed by atoms with Gasteiger partial charge in [0, 0.05) is 19.8 Å². The van der Waals surface area contributed by atoms with Gasteiger partial charge in [-0.3, -0.25) is 4.79 Å². The Kier molecular flexibility index (Phi) is 7.94. The molecule has 8 nitrogen and oxygen atoms in total. The topological polar surface area (TPSA) is 94.2 Å². The van der Waals surface area contributed by atoms with Crippen molar-refractivity contribution in [3.63, 3.8) is 0 Å². The Morgan fingerprint density at radius 3 is 2.39 bits per heavy atom. The fourth-order valence-corrected chi connectivity index (χ4v) is 4.70. The van der Waals surface area contributed by atoms with Crippen LogP contribution in [0.4, 0.5) is 4.79 Å². The lowest BCUT2D eigenvalue weighted by molar-refractivity contribution is -0.157. The van der Waals surface area contributed by atoms with E-state index in [2.05, 4.69) is 5.32 Å². The molecular weight excluding hydrogens is 460 g/mol. The molecule has 2 amide bonds. The first kappa shape index (κ1) is 25.7. The zero-order valence-corrected chi connectivity index (χ0v) is 21.1. The van der Waals surface area contributed by atoms with Crippen molar-refractivity contribution in [3.05, 3.63) is 71.3 Å². The summed E-state index contributed by atoms with van der Waals surface area (Å²) >= 11 is 0. The van der Waals surface area contributed by atoms with Gasteiger partial charge in [-0.2, -0.15) is 0 Å². The van der Waals surface area contributed by atoms with Gasteiger partial charge < -0.3 is 24.4 Å². The smallest absolute Gasteiger partial charge is 0.408 e. The molecular formula is C28H34N2O6. The number of nitrogens with zero attached hydrogens (tertiary/aromatic N) is 1. The third-order valence-corrected chi connectivity index (χ3v) is 6.41. The Labute approximate surface area is 211 Å². The maximum Gasteiger partial charge on any atom is 0.408 e. The third kappa shape index (κ3) is 6.23. The molecule has 36 heavy (non-hydrogen) atoms. The minimum absolute atomic E-state index is 0.111. The second-order valence-corrected chi connectivity index (χ2v) is 10.2. The highest BCUT2D eigenvalue weighted by atomic mass is 16.6. The molecule has 2 aliphatic heterocycles. The number of ether oxygens (including phenoxy) is 3. The van der Waals surface area contributed by atoms with Gasteiger partial charge in [0.1, 0.15) is 18.2 Å². The molecule has 0 saturated carbocycles. The van der Waals surface area contributed by atoms with Crippen molar-refractivity contribution in [2.45, 2.75) is 64.4 Å². The first-order valence-corrected chi connectivity index (χ1v) is 12.4. The van der Waals surface area contributed by atoms with Gasteiger partial charge in [0.15, 0.2) is 6.04 Å². The van der Waals surface area contributed by atoms with Crippen LogP contribution < -0.4 is 5.32 Å². The zero-order valence-electron chi connectivity index (χ0n) is 21.1. The number of fused-ring (bicyclic) bond motifs is 1. The standard InChI is InChI=1S/C28H34N2O6/c1-28(2,3)36-27(33)29-23(20-13-15-34-16-14-20)25(31)30-17-21-11-7-8-12-22(21)24(30)26(32)35-18-19-9-5-4-6-10-19/h4-12,20,23-24H,13-18H2,1-3H3,(H,29,33)/t23?,24-/m0/s1. The summed E-state index contributed by atoms with van der Waals surface area (Å²) in [5.41, 5.74) is 1.78. The van der Waals surface area contributed by atoms with Crippen molar-refractivity contribution in [2.75, 3.05) is 13.2 Å². The number of carbonyl (C=O) groups is 3. The summed E-state index contributed by atoms with van der Waals surface area (Å²) in [5.74, 6) is -0.964. The Morgan fingerprint density at radius 2 is 1.69 bits per heavy atom. The third-order valence-electron chi connectivity index (χ3n) is 6.41. The highest BCUT2D eigenvalue weighted by molar-refractivity contribution is 5.91. The molecule has 0 radical (unpaired) electrons. The predicted octanol–water partition coefficient (Wildman–Crippen LogP) is 4.13. The number of hydrogen-bond acceptors (Lipinski definition) is 6. The SMILES string of the molecule is CC(C)(C)OC(=O)NC(C(=O)N1Cc2ccccc2[C@H]1C(=O)OCc1ccccc1)C1CCOCC1. The number of carbonyl (C=O) groups excluding carboxylic acids is 3. The number of hydrogen-bond donors (Lipinski definition) is 1. The molecule has 1 unspecified atom stereocenters. The van der Waals surface area contributed by atoms with Gasteiger partial charge in [0.25, 0.3) is 0 Å². The monoisotopic (exact) mass is 494 g/mol. The molecule has 2 atom stereocenters. The summed E-state index contributed by atoms with van der Waals surface area (Å²) in [5, 5.41) is 2.80. The first-order chi connectivity index (χ1) is 17.2. The number of nitrogens with one attached hydrogen (secondary N) is 1. The summed E-state index contributed by atoms with van der Waals surface area (Å²) in [6, 6.07) is 15.2. The largest absolute Gasteiger partial charge is 0.459 e. The molecule has 192 valence electrons. The quantitative estimate of drug-likeness (QED) is 0.607. The van der Waals surface area contributed by atoms with Crippen LogP contribution in [-0.4, -0.2) is 47.7 Å². The van der Waals surface area contributed by atoms with Gasteiger partial charge in [0.05, 0.1) is 0 Å². The van der Waals surface area contributed by atoms with E-state index in [0.29, 0.717) is 26.1 Å². The van der Waals surface area contributed by atoms with Crippen molar-refractivity contribution >= 4 is 18.0 Å². The summed E-state index contributed by atoms with van der Waals surface area (Å²) in [6.07, 6.45) is 0.582. The molecule has 1 fully saturated rings. The van der Waals surface area contributed by atoms with Crippen LogP contribution in [0.2, 0.25) is 0 Å². The van der Waals surface area contributed by atoms with Crippen LogP contribution in [0.1, 0.15) is 56.3 Å². The summed E-state index contributed by atoms with van der Waals surface area (Å²) in [6.45, 7) is 6.70. The van der Waals surface area contributed by atoms with Crippen molar-refractivity contribution < 1.29 is 28.6 Å². The van der Waals surface area contributed by atoms with Crippen LogP contribution in [0.25, 0.3) is 0 Å². The number of amides is 2. The van der Waals surface area contributed by atoms with E-state index in [0.717, 1.165) is 16.7 Å². The second kappa shape index (κ2) is 11.1. The van der Waals surface area contributed by atoms with Crippen molar-refractivity contribution in [1.29, 1.82) is 0 Å². The Morgan fingerprint density at radius 1 is 1.03 bits per heavy atom. The molecule has 1 N–H and O–H groups in total. The normalized spacial score (nSPS) is 18.8. The van der Waals surface area contributed by atoms with Gasteiger partial charge in [-0.1, -0.05) is 54.6 Å². The lowest BCUT2D eigenvalue weighted by Gasteiger charge is -2.34. The van der Waals surface area contributed by atoms with Gasteiger partial charge in [-0.25, -0.2) is 9.59 Å². The molecule has 2 aromatic rings.